The standard InChI is InChI=1S/C12H9F3N2OS/c1-7-16-10(6-19-7)8-4-2-3-5-9(8)17-11(18)12(13,14)15/h2-6H,1H3,(H,17,18). The van der Waals surface area contributed by atoms with Gasteiger partial charge >= 0.3 is 12.1 Å². The summed E-state index contributed by atoms with van der Waals surface area (Å²) < 4.78 is 36.7. The van der Waals surface area contributed by atoms with Gasteiger partial charge in [-0.15, -0.1) is 11.3 Å². The zero-order valence-corrected chi connectivity index (χ0v) is 10.6. The molecule has 0 aliphatic heterocycles. The lowest BCUT2D eigenvalue weighted by Crippen LogP contribution is -2.30. The van der Waals surface area contributed by atoms with Crippen LogP contribution in [-0.4, -0.2) is 17.1 Å². The van der Waals surface area contributed by atoms with Crippen molar-refractivity contribution in [3.63, 3.8) is 0 Å². The molecule has 100 valence electrons. The van der Waals surface area contributed by atoms with Gasteiger partial charge in [-0.05, 0) is 13.0 Å². The number of benzene rings is 1. The Balaban J connectivity index is 2.35. The number of rotatable bonds is 2. The lowest BCUT2D eigenvalue weighted by atomic mass is 10.1. The highest BCUT2D eigenvalue weighted by Crippen LogP contribution is 2.30. The molecule has 1 aromatic heterocycles. The number of aryl methyl sites for hydroxylation is 1. The molecular formula is C12H9F3N2OS. The Morgan fingerprint density at radius 2 is 2.00 bits per heavy atom. The van der Waals surface area contributed by atoms with E-state index in [2.05, 4.69) is 4.98 Å². The maximum Gasteiger partial charge on any atom is 0.471 e. The Labute approximate surface area is 111 Å². The van der Waals surface area contributed by atoms with Gasteiger partial charge in [0.05, 0.1) is 16.4 Å². The minimum Gasteiger partial charge on any atom is -0.318 e. The van der Waals surface area contributed by atoms with E-state index in [4.69, 9.17) is 0 Å². The van der Waals surface area contributed by atoms with Crippen molar-refractivity contribution < 1.29 is 18.0 Å². The third kappa shape index (κ3) is 3.11. The third-order valence-electron chi connectivity index (χ3n) is 2.33. The van der Waals surface area contributed by atoms with E-state index < -0.39 is 12.1 Å². The van der Waals surface area contributed by atoms with Crippen LogP contribution in [0.1, 0.15) is 5.01 Å². The summed E-state index contributed by atoms with van der Waals surface area (Å²) in [6.45, 7) is 1.80. The van der Waals surface area contributed by atoms with Crippen LogP contribution in [0.4, 0.5) is 18.9 Å². The molecule has 2 aromatic rings. The molecule has 7 heteroatoms. The second kappa shape index (κ2) is 5.00. The molecule has 2 rings (SSSR count). The topological polar surface area (TPSA) is 42.0 Å². The molecule has 0 aliphatic rings. The molecule has 3 nitrogen and oxygen atoms in total. The predicted octanol–water partition coefficient (Wildman–Crippen LogP) is 3.62. The number of carbonyl (C=O) groups is 1. The number of halogens is 3. The van der Waals surface area contributed by atoms with E-state index in [9.17, 15) is 18.0 Å². The zero-order valence-electron chi connectivity index (χ0n) is 9.78. The van der Waals surface area contributed by atoms with Gasteiger partial charge in [-0.3, -0.25) is 4.79 Å². The molecule has 0 radical (unpaired) electrons. The monoisotopic (exact) mass is 286 g/mol. The molecule has 0 atom stereocenters. The number of nitrogens with zero attached hydrogens (tertiary/aromatic N) is 1. The van der Waals surface area contributed by atoms with Crippen LogP contribution in [0, 0.1) is 6.92 Å². The van der Waals surface area contributed by atoms with Crippen LogP contribution in [0.3, 0.4) is 0 Å². The summed E-state index contributed by atoms with van der Waals surface area (Å²) in [5, 5.41) is 4.39. The average Bonchev–Trinajstić information content (AvgIpc) is 2.75. The van der Waals surface area contributed by atoms with Crippen LogP contribution in [0.25, 0.3) is 11.3 Å². The van der Waals surface area contributed by atoms with Gasteiger partial charge in [-0.25, -0.2) is 4.98 Å². The largest absolute Gasteiger partial charge is 0.471 e. The molecule has 0 unspecified atom stereocenters. The van der Waals surface area contributed by atoms with E-state index in [1.807, 2.05) is 5.32 Å². The van der Waals surface area contributed by atoms with E-state index in [0.29, 0.717) is 11.3 Å². The zero-order chi connectivity index (χ0) is 14.0. The number of para-hydroxylation sites is 1. The Kier molecular flexibility index (Phi) is 3.57. The smallest absolute Gasteiger partial charge is 0.318 e. The highest BCUT2D eigenvalue weighted by molar-refractivity contribution is 7.09. The number of amides is 1. The van der Waals surface area contributed by atoms with Crippen molar-refractivity contribution in [1.29, 1.82) is 0 Å². The fourth-order valence-corrected chi connectivity index (χ4v) is 2.11. The predicted molar refractivity (Wildman–Crippen MR) is 67.0 cm³/mol. The fourth-order valence-electron chi connectivity index (χ4n) is 1.50. The minimum absolute atomic E-state index is 0.0927. The Hall–Kier alpha value is -1.89. The molecule has 1 amide bonds. The summed E-state index contributed by atoms with van der Waals surface area (Å²) in [5.41, 5.74) is 1.10. The Morgan fingerprint density at radius 1 is 1.32 bits per heavy atom. The van der Waals surface area contributed by atoms with E-state index >= 15 is 0 Å². The van der Waals surface area contributed by atoms with Crippen LogP contribution in [-0.2, 0) is 4.79 Å². The molecule has 1 N–H and O–H groups in total. The highest BCUT2D eigenvalue weighted by atomic mass is 32.1. The van der Waals surface area contributed by atoms with Gasteiger partial charge in [0.25, 0.3) is 0 Å². The van der Waals surface area contributed by atoms with Crippen molar-refractivity contribution in [3.8, 4) is 11.3 Å². The minimum atomic E-state index is -4.91. The van der Waals surface area contributed by atoms with Crippen molar-refractivity contribution in [2.24, 2.45) is 0 Å². The molecule has 0 saturated carbocycles. The third-order valence-corrected chi connectivity index (χ3v) is 3.10. The SMILES string of the molecule is Cc1nc(-c2ccccc2NC(=O)C(F)(F)F)cs1. The fraction of sp³-hybridized carbons (Fsp3) is 0.167. The van der Waals surface area contributed by atoms with E-state index in [-0.39, 0.29) is 5.69 Å². The molecule has 1 aromatic carbocycles. The summed E-state index contributed by atoms with van der Waals surface area (Å²) in [6, 6.07) is 6.25. The number of thiazole rings is 1. The van der Waals surface area contributed by atoms with Crippen LogP contribution >= 0.6 is 11.3 Å². The van der Waals surface area contributed by atoms with Crippen molar-refractivity contribution in [2.75, 3.05) is 5.32 Å². The average molecular weight is 286 g/mol. The number of hydrogen-bond acceptors (Lipinski definition) is 3. The Bertz CT molecular complexity index is 607. The normalized spacial score (nSPS) is 11.4. The van der Waals surface area contributed by atoms with Gasteiger partial charge in [0.2, 0.25) is 0 Å². The van der Waals surface area contributed by atoms with Gasteiger partial charge in [-0.2, -0.15) is 13.2 Å². The van der Waals surface area contributed by atoms with E-state index in [1.54, 1.807) is 30.5 Å². The van der Waals surface area contributed by atoms with Gasteiger partial charge in [0.1, 0.15) is 0 Å². The summed E-state index contributed by atoms with van der Waals surface area (Å²) in [4.78, 5) is 15.2. The molecule has 0 spiro atoms. The van der Waals surface area contributed by atoms with Crippen molar-refractivity contribution in [3.05, 3.63) is 34.7 Å². The van der Waals surface area contributed by atoms with Gasteiger partial charge in [0.15, 0.2) is 0 Å². The summed E-state index contributed by atoms with van der Waals surface area (Å²) in [7, 11) is 0. The maximum absolute atomic E-state index is 12.2. The molecule has 0 bridgehead atoms. The molecule has 19 heavy (non-hydrogen) atoms. The van der Waals surface area contributed by atoms with E-state index in [0.717, 1.165) is 5.01 Å². The van der Waals surface area contributed by atoms with Gasteiger partial charge < -0.3 is 5.32 Å². The number of alkyl halides is 3. The van der Waals surface area contributed by atoms with Crippen LogP contribution in [0.5, 0.6) is 0 Å². The quantitative estimate of drug-likeness (QED) is 0.916. The number of carbonyl (C=O) groups excluding carboxylic acids is 1. The first-order valence-electron chi connectivity index (χ1n) is 5.27. The second-order valence-corrected chi connectivity index (χ2v) is 4.81. The molecule has 1 heterocycles. The molecule has 0 fully saturated rings. The first kappa shape index (κ1) is 13.5. The van der Waals surface area contributed by atoms with Gasteiger partial charge in [0, 0.05) is 10.9 Å². The Morgan fingerprint density at radius 3 is 2.58 bits per heavy atom. The molecule has 0 saturated heterocycles. The second-order valence-electron chi connectivity index (χ2n) is 3.75. The number of aromatic nitrogens is 1. The summed E-state index contributed by atoms with van der Waals surface area (Å²) >= 11 is 1.39. The first-order valence-corrected chi connectivity index (χ1v) is 6.15. The van der Waals surface area contributed by atoms with Crippen LogP contribution in [0.15, 0.2) is 29.6 Å². The van der Waals surface area contributed by atoms with Crippen molar-refractivity contribution in [2.45, 2.75) is 13.1 Å². The lowest BCUT2D eigenvalue weighted by Gasteiger charge is -2.11. The molecular weight excluding hydrogens is 277 g/mol. The lowest BCUT2D eigenvalue weighted by molar-refractivity contribution is -0.167. The van der Waals surface area contributed by atoms with Crippen molar-refractivity contribution >= 4 is 22.9 Å². The van der Waals surface area contributed by atoms with Crippen molar-refractivity contribution in [1.82, 2.24) is 4.98 Å². The summed E-state index contributed by atoms with van der Waals surface area (Å²) in [6.07, 6.45) is -4.91. The first-order chi connectivity index (χ1) is 8.88. The summed E-state index contributed by atoms with van der Waals surface area (Å²) in [5.74, 6) is -1.99. The molecule has 0 aliphatic carbocycles. The van der Waals surface area contributed by atoms with Crippen LogP contribution in [0.2, 0.25) is 0 Å². The number of nitrogens with one attached hydrogen (secondary N) is 1. The highest BCUT2D eigenvalue weighted by Gasteiger charge is 2.39. The van der Waals surface area contributed by atoms with Gasteiger partial charge in [-0.1, -0.05) is 18.2 Å². The maximum atomic E-state index is 12.2. The van der Waals surface area contributed by atoms with Crippen LogP contribution < -0.4 is 5.32 Å². The number of anilines is 1. The van der Waals surface area contributed by atoms with E-state index in [1.165, 1.54) is 17.4 Å². The number of hydrogen-bond donors (Lipinski definition) is 1.